The van der Waals surface area contributed by atoms with Crippen molar-refractivity contribution in [3.63, 3.8) is 0 Å². The monoisotopic (exact) mass is 289 g/mol. The normalized spacial score (nSPS) is 19.3. The van der Waals surface area contributed by atoms with Crippen LogP contribution in [-0.4, -0.2) is 34.1 Å². The third kappa shape index (κ3) is 2.66. The molecule has 6 heteroatoms. The second-order valence-electron chi connectivity index (χ2n) is 5.07. The van der Waals surface area contributed by atoms with Gasteiger partial charge in [0.25, 0.3) is 0 Å². The summed E-state index contributed by atoms with van der Waals surface area (Å²) < 4.78 is 0. The first kappa shape index (κ1) is 13.5. The third-order valence-electron chi connectivity index (χ3n) is 3.68. The van der Waals surface area contributed by atoms with Gasteiger partial charge >= 0.3 is 0 Å². The van der Waals surface area contributed by atoms with Crippen molar-refractivity contribution in [2.24, 2.45) is 5.73 Å². The zero-order valence-electron chi connectivity index (χ0n) is 11.6. The van der Waals surface area contributed by atoms with Gasteiger partial charge in [-0.3, -0.25) is 0 Å². The Morgan fingerprint density at radius 2 is 2.25 bits per heavy atom. The smallest absolute Gasteiger partial charge is 0.226 e. The molecule has 1 unspecified atom stereocenters. The molecule has 3 rings (SSSR count). The van der Waals surface area contributed by atoms with Gasteiger partial charge in [0.15, 0.2) is 0 Å². The standard InChI is InChI=1S/C14H19N5S/c1-10-17-13(9-20-10)12-5-6-16-14(18-12)19-7-3-2-4-11(19)8-15/h5-6,9,11H,2-4,7-8,15H2,1H3. The maximum atomic E-state index is 5.88. The Balaban J connectivity index is 1.90. The first-order valence-corrected chi connectivity index (χ1v) is 7.88. The van der Waals surface area contributed by atoms with Gasteiger partial charge in [0.1, 0.15) is 5.69 Å². The Labute approximate surface area is 122 Å². The molecule has 0 spiro atoms. The van der Waals surface area contributed by atoms with Crippen molar-refractivity contribution in [2.75, 3.05) is 18.0 Å². The summed E-state index contributed by atoms with van der Waals surface area (Å²) in [4.78, 5) is 15.8. The maximum Gasteiger partial charge on any atom is 0.226 e. The molecule has 3 heterocycles. The summed E-state index contributed by atoms with van der Waals surface area (Å²) >= 11 is 1.64. The highest BCUT2D eigenvalue weighted by Crippen LogP contribution is 2.24. The summed E-state index contributed by atoms with van der Waals surface area (Å²) in [5, 5.41) is 3.09. The van der Waals surface area contributed by atoms with E-state index >= 15 is 0 Å². The van der Waals surface area contributed by atoms with Crippen LogP contribution < -0.4 is 10.6 Å². The number of nitrogens with two attached hydrogens (primary N) is 1. The van der Waals surface area contributed by atoms with Crippen LogP contribution in [0.4, 0.5) is 5.95 Å². The summed E-state index contributed by atoms with van der Waals surface area (Å²) in [7, 11) is 0. The van der Waals surface area contributed by atoms with Crippen molar-refractivity contribution in [1.29, 1.82) is 0 Å². The molecular weight excluding hydrogens is 270 g/mol. The van der Waals surface area contributed by atoms with Gasteiger partial charge in [-0.25, -0.2) is 15.0 Å². The summed E-state index contributed by atoms with van der Waals surface area (Å²) in [6, 6.07) is 2.27. The van der Waals surface area contributed by atoms with Gasteiger partial charge in [0.2, 0.25) is 5.95 Å². The summed E-state index contributed by atoms with van der Waals surface area (Å²) in [6.45, 7) is 3.65. The molecule has 2 aromatic rings. The van der Waals surface area contributed by atoms with Gasteiger partial charge in [-0.15, -0.1) is 11.3 Å². The van der Waals surface area contributed by atoms with Crippen molar-refractivity contribution >= 4 is 17.3 Å². The number of aromatic nitrogens is 3. The highest BCUT2D eigenvalue weighted by atomic mass is 32.1. The van der Waals surface area contributed by atoms with Crippen LogP contribution in [0.2, 0.25) is 0 Å². The van der Waals surface area contributed by atoms with Crippen molar-refractivity contribution in [3.8, 4) is 11.4 Å². The van der Waals surface area contributed by atoms with Crippen LogP contribution in [0.25, 0.3) is 11.4 Å². The minimum atomic E-state index is 0.358. The van der Waals surface area contributed by atoms with E-state index in [4.69, 9.17) is 5.73 Å². The Bertz CT molecular complexity index is 582. The molecule has 2 N–H and O–H groups in total. The highest BCUT2D eigenvalue weighted by molar-refractivity contribution is 7.09. The predicted octanol–water partition coefficient (Wildman–Crippen LogP) is 2.23. The van der Waals surface area contributed by atoms with Gasteiger partial charge in [0, 0.05) is 30.7 Å². The Morgan fingerprint density at radius 1 is 1.35 bits per heavy atom. The number of hydrogen-bond acceptors (Lipinski definition) is 6. The first-order valence-electron chi connectivity index (χ1n) is 7.00. The number of rotatable bonds is 3. The van der Waals surface area contributed by atoms with Crippen molar-refractivity contribution in [1.82, 2.24) is 15.0 Å². The van der Waals surface area contributed by atoms with Gasteiger partial charge in [-0.2, -0.15) is 0 Å². The fourth-order valence-electron chi connectivity index (χ4n) is 2.62. The lowest BCUT2D eigenvalue weighted by atomic mass is 10.0. The summed E-state index contributed by atoms with van der Waals surface area (Å²) in [5.74, 6) is 0.781. The molecular formula is C14H19N5S. The van der Waals surface area contributed by atoms with E-state index in [1.54, 1.807) is 11.3 Å². The Kier molecular flexibility index (Phi) is 3.93. The molecule has 1 atom stereocenters. The zero-order chi connectivity index (χ0) is 13.9. The molecule has 5 nitrogen and oxygen atoms in total. The lowest BCUT2D eigenvalue weighted by molar-refractivity contribution is 0.458. The van der Waals surface area contributed by atoms with Crippen LogP contribution >= 0.6 is 11.3 Å². The van der Waals surface area contributed by atoms with E-state index in [-0.39, 0.29) is 0 Å². The molecule has 1 fully saturated rings. The van der Waals surface area contributed by atoms with Crippen LogP contribution in [0, 0.1) is 6.92 Å². The molecule has 20 heavy (non-hydrogen) atoms. The van der Waals surface area contributed by atoms with Crippen LogP contribution in [0.15, 0.2) is 17.6 Å². The van der Waals surface area contributed by atoms with E-state index in [1.165, 1.54) is 12.8 Å². The fraction of sp³-hybridized carbons (Fsp3) is 0.500. The van der Waals surface area contributed by atoms with E-state index in [0.717, 1.165) is 35.3 Å². The quantitative estimate of drug-likeness (QED) is 0.938. The average Bonchev–Trinajstić information content (AvgIpc) is 2.94. The van der Waals surface area contributed by atoms with E-state index in [0.29, 0.717) is 12.6 Å². The topological polar surface area (TPSA) is 67.9 Å². The van der Waals surface area contributed by atoms with Crippen LogP contribution in [0.1, 0.15) is 24.3 Å². The van der Waals surface area contributed by atoms with E-state index in [2.05, 4.69) is 19.9 Å². The summed E-state index contributed by atoms with van der Waals surface area (Å²) in [6.07, 6.45) is 5.36. The second-order valence-corrected chi connectivity index (χ2v) is 6.13. The lowest BCUT2D eigenvalue weighted by Crippen LogP contribution is -2.45. The van der Waals surface area contributed by atoms with Crippen LogP contribution in [0.5, 0.6) is 0 Å². The van der Waals surface area contributed by atoms with Crippen LogP contribution in [-0.2, 0) is 0 Å². The van der Waals surface area contributed by atoms with Gasteiger partial charge in [-0.1, -0.05) is 0 Å². The van der Waals surface area contributed by atoms with E-state index in [1.807, 2.05) is 24.6 Å². The molecule has 106 valence electrons. The number of nitrogens with zero attached hydrogens (tertiary/aromatic N) is 4. The van der Waals surface area contributed by atoms with Gasteiger partial charge in [0.05, 0.1) is 10.7 Å². The molecule has 0 bridgehead atoms. The Hall–Kier alpha value is -1.53. The zero-order valence-corrected chi connectivity index (χ0v) is 12.4. The predicted molar refractivity (Wildman–Crippen MR) is 81.9 cm³/mol. The maximum absolute atomic E-state index is 5.88. The fourth-order valence-corrected chi connectivity index (χ4v) is 3.23. The third-order valence-corrected chi connectivity index (χ3v) is 4.45. The molecule has 0 radical (unpaired) electrons. The SMILES string of the molecule is Cc1nc(-c2ccnc(N3CCCCC3CN)n2)cs1. The molecule has 0 amide bonds. The number of thiazole rings is 1. The largest absolute Gasteiger partial charge is 0.337 e. The minimum absolute atomic E-state index is 0.358. The van der Waals surface area contributed by atoms with Crippen LogP contribution in [0.3, 0.4) is 0 Å². The van der Waals surface area contributed by atoms with Gasteiger partial charge < -0.3 is 10.6 Å². The van der Waals surface area contributed by atoms with Crippen molar-refractivity contribution in [2.45, 2.75) is 32.2 Å². The van der Waals surface area contributed by atoms with Crippen molar-refractivity contribution in [3.05, 3.63) is 22.7 Å². The molecule has 0 saturated carbocycles. The molecule has 0 aliphatic carbocycles. The minimum Gasteiger partial charge on any atom is -0.337 e. The average molecular weight is 289 g/mol. The number of hydrogen-bond donors (Lipinski definition) is 1. The number of anilines is 1. The second kappa shape index (κ2) is 5.85. The molecule has 2 aromatic heterocycles. The molecule has 1 aliphatic rings. The molecule has 1 saturated heterocycles. The number of aryl methyl sites for hydroxylation is 1. The highest BCUT2D eigenvalue weighted by Gasteiger charge is 2.23. The summed E-state index contributed by atoms with van der Waals surface area (Å²) in [5.41, 5.74) is 7.69. The first-order chi connectivity index (χ1) is 9.78. The molecule has 0 aromatic carbocycles. The van der Waals surface area contributed by atoms with E-state index in [9.17, 15) is 0 Å². The Morgan fingerprint density at radius 3 is 3.00 bits per heavy atom. The van der Waals surface area contributed by atoms with E-state index < -0.39 is 0 Å². The van der Waals surface area contributed by atoms with Gasteiger partial charge in [-0.05, 0) is 32.3 Å². The van der Waals surface area contributed by atoms with Crippen molar-refractivity contribution < 1.29 is 0 Å². The molecule has 1 aliphatic heterocycles. The number of piperidine rings is 1. The lowest BCUT2D eigenvalue weighted by Gasteiger charge is -2.35.